The van der Waals surface area contributed by atoms with Crippen molar-refractivity contribution in [3.63, 3.8) is 0 Å². The Bertz CT molecular complexity index is 264. The summed E-state index contributed by atoms with van der Waals surface area (Å²) in [6.07, 6.45) is 1.67. The van der Waals surface area contributed by atoms with Crippen LogP contribution in [-0.4, -0.2) is 30.4 Å². The van der Waals surface area contributed by atoms with Crippen LogP contribution in [0.25, 0.3) is 0 Å². The summed E-state index contributed by atoms with van der Waals surface area (Å²) in [5.41, 5.74) is 1.02. The van der Waals surface area contributed by atoms with E-state index in [-0.39, 0.29) is 0 Å². The number of likely N-dealkylation sites (N-methyl/N-ethyl adjacent to an activating group) is 1. The molecule has 1 aliphatic heterocycles. The van der Waals surface area contributed by atoms with Gasteiger partial charge in [-0.1, -0.05) is 0 Å². The van der Waals surface area contributed by atoms with E-state index in [2.05, 4.69) is 15.1 Å². The average Bonchev–Trinajstić information content (AvgIpc) is 2.06. The standard InChI is InChI=1S/C7H9N3O/c1-10-4-5-11-7-6(10)2-3-8-9-7/h2-3H,4-5H2,1H3. The summed E-state index contributed by atoms with van der Waals surface area (Å²) in [6, 6.07) is 1.90. The molecule has 0 saturated heterocycles. The van der Waals surface area contributed by atoms with Crippen molar-refractivity contribution in [2.24, 2.45) is 0 Å². The Kier molecular flexibility index (Phi) is 1.38. The summed E-state index contributed by atoms with van der Waals surface area (Å²) in [4.78, 5) is 2.10. The van der Waals surface area contributed by atoms with Gasteiger partial charge in [0.15, 0.2) is 0 Å². The average molecular weight is 151 g/mol. The third kappa shape index (κ3) is 1.00. The van der Waals surface area contributed by atoms with E-state index in [9.17, 15) is 0 Å². The Morgan fingerprint density at radius 3 is 3.36 bits per heavy atom. The fourth-order valence-corrected chi connectivity index (χ4v) is 1.11. The normalized spacial score (nSPS) is 15.5. The van der Waals surface area contributed by atoms with E-state index in [4.69, 9.17) is 4.74 Å². The van der Waals surface area contributed by atoms with Crippen LogP contribution in [0.1, 0.15) is 0 Å². The maximum atomic E-state index is 5.28. The summed E-state index contributed by atoms with van der Waals surface area (Å²) in [5, 5.41) is 7.59. The Hall–Kier alpha value is -1.32. The Morgan fingerprint density at radius 1 is 1.64 bits per heavy atom. The van der Waals surface area contributed by atoms with Crippen LogP contribution in [0.3, 0.4) is 0 Å². The van der Waals surface area contributed by atoms with Crippen LogP contribution in [-0.2, 0) is 0 Å². The van der Waals surface area contributed by atoms with E-state index in [0.29, 0.717) is 12.5 Å². The Balaban J connectivity index is 2.44. The molecular weight excluding hydrogens is 142 g/mol. The second kappa shape index (κ2) is 2.38. The Morgan fingerprint density at radius 2 is 2.55 bits per heavy atom. The van der Waals surface area contributed by atoms with Gasteiger partial charge in [-0.05, 0) is 6.07 Å². The van der Waals surface area contributed by atoms with Crippen LogP contribution < -0.4 is 9.64 Å². The molecule has 4 nitrogen and oxygen atoms in total. The molecule has 0 radical (unpaired) electrons. The van der Waals surface area contributed by atoms with Crippen LogP contribution in [0.5, 0.6) is 5.88 Å². The third-order valence-corrected chi connectivity index (χ3v) is 1.74. The zero-order valence-corrected chi connectivity index (χ0v) is 6.32. The van der Waals surface area contributed by atoms with Gasteiger partial charge in [0.2, 0.25) is 0 Å². The number of anilines is 1. The minimum atomic E-state index is 0.640. The molecule has 1 aliphatic rings. The molecule has 0 aliphatic carbocycles. The molecule has 0 atom stereocenters. The van der Waals surface area contributed by atoms with E-state index < -0.39 is 0 Å². The van der Waals surface area contributed by atoms with Gasteiger partial charge in [0.25, 0.3) is 5.88 Å². The fraction of sp³-hybridized carbons (Fsp3) is 0.429. The van der Waals surface area contributed by atoms with E-state index in [1.165, 1.54) is 0 Å². The first-order valence-electron chi connectivity index (χ1n) is 3.53. The molecule has 2 rings (SSSR count). The molecule has 58 valence electrons. The number of aromatic nitrogens is 2. The van der Waals surface area contributed by atoms with E-state index in [1.54, 1.807) is 6.20 Å². The molecule has 0 amide bonds. The fourth-order valence-electron chi connectivity index (χ4n) is 1.11. The van der Waals surface area contributed by atoms with Crippen molar-refractivity contribution < 1.29 is 4.74 Å². The van der Waals surface area contributed by atoms with E-state index >= 15 is 0 Å². The highest BCUT2D eigenvalue weighted by molar-refractivity contribution is 5.54. The number of rotatable bonds is 0. The van der Waals surface area contributed by atoms with Gasteiger partial charge in [-0.15, -0.1) is 5.10 Å². The molecule has 11 heavy (non-hydrogen) atoms. The molecule has 0 unspecified atom stereocenters. The largest absolute Gasteiger partial charge is 0.473 e. The first-order valence-corrected chi connectivity index (χ1v) is 3.53. The van der Waals surface area contributed by atoms with Crippen molar-refractivity contribution in [1.29, 1.82) is 0 Å². The highest BCUT2D eigenvalue weighted by Crippen LogP contribution is 2.25. The zero-order chi connectivity index (χ0) is 7.68. The summed E-state index contributed by atoms with van der Waals surface area (Å²) in [6.45, 7) is 1.61. The molecule has 0 saturated carbocycles. The van der Waals surface area contributed by atoms with Crippen molar-refractivity contribution in [2.45, 2.75) is 0 Å². The van der Waals surface area contributed by atoms with Crippen LogP contribution in [0.2, 0.25) is 0 Å². The number of ether oxygens (including phenoxy) is 1. The monoisotopic (exact) mass is 151 g/mol. The molecule has 2 heterocycles. The van der Waals surface area contributed by atoms with Crippen molar-refractivity contribution in [2.75, 3.05) is 25.1 Å². The third-order valence-electron chi connectivity index (χ3n) is 1.74. The van der Waals surface area contributed by atoms with E-state index in [1.807, 2.05) is 13.1 Å². The molecule has 4 heteroatoms. The maximum absolute atomic E-state index is 5.28. The molecule has 0 fully saturated rings. The lowest BCUT2D eigenvalue weighted by Crippen LogP contribution is -2.29. The molecule has 1 aromatic rings. The van der Waals surface area contributed by atoms with Gasteiger partial charge in [-0.25, -0.2) is 0 Å². The van der Waals surface area contributed by atoms with Crippen LogP contribution in [0, 0.1) is 0 Å². The van der Waals surface area contributed by atoms with Gasteiger partial charge in [0.05, 0.1) is 12.7 Å². The van der Waals surface area contributed by atoms with Gasteiger partial charge in [-0.2, -0.15) is 5.10 Å². The SMILES string of the molecule is CN1CCOc2nnccc21. The first kappa shape index (κ1) is 6.39. The molecular formula is C7H9N3O. The quantitative estimate of drug-likeness (QED) is 0.534. The predicted octanol–water partition coefficient (Wildman–Crippen LogP) is 0.305. The smallest absolute Gasteiger partial charge is 0.257 e. The predicted molar refractivity (Wildman–Crippen MR) is 40.8 cm³/mol. The topological polar surface area (TPSA) is 38.2 Å². The molecule has 0 aromatic carbocycles. The van der Waals surface area contributed by atoms with Crippen molar-refractivity contribution >= 4 is 5.69 Å². The number of hydrogen-bond acceptors (Lipinski definition) is 4. The van der Waals surface area contributed by atoms with Crippen molar-refractivity contribution in [3.05, 3.63) is 12.3 Å². The van der Waals surface area contributed by atoms with Gasteiger partial charge in [0, 0.05) is 7.05 Å². The number of hydrogen-bond donors (Lipinski definition) is 0. The first-order chi connectivity index (χ1) is 5.38. The van der Waals surface area contributed by atoms with Crippen LogP contribution >= 0.6 is 0 Å². The second-order valence-electron chi connectivity index (χ2n) is 2.49. The van der Waals surface area contributed by atoms with Gasteiger partial charge >= 0.3 is 0 Å². The minimum absolute atomic E-state index is 0.640. The summed E-state index contributed by atoms with van der Waals surface area (Å²) in [5.74, 6) is 0.640. The zero-order valence-electron chi connectivity index (χ0n) is 6.32. The Labute approximate surface area is 64.8 Å². The summed E-state index contributed by atoms with van der Waals surface area (Å²) in [7, 11) is 2.02. The highest BCUT2D eigenvalue weighted by atomic mass is 16.5. The molecule has 0 spiro atoms. The minimum Gasteiger partial charge on any atom is -0.473 e. The molecule has 1 aromatic heterocycles. The molecule has 0 N–H and O–H groups in total. The van der Waals surface area contributed by atoms with Gasteiger partial charge < -0.3 is 9.64 Å². The highest BCUT2D eigenvalue weighted by Gasteiger charge is 2.14. The second-order valence-corrected chi connectivity index (χ2v) is 2.49. The van der Waals surface area contributed by atoms with E-state index in [0.717, 1.165) is 12.2 Å². The van der Waals surface area contributed by atoms with Crippen molar-refractivity contribution in [1.82, 2.24) is 10.2 Å². The van der Waals surface area contributed by atoms with Gasteiger partial charge in [-0.3, -0.25) is 0 Å². The lowest BCUT2D eigenvalue weighted by molar-refractivity contribution is 0.295. The van der Waals surface area contributed by atoms with Crippen LogP contribution in [0.15, 0.2) is 12.3 Å². The maximum Gasteiger partial charge on any atom is 0.257 e. The number of fused-ring (bicyclic) bond motifs is 1. The summed E-state index contributed by atoms with van der Waals surface area (Å²) < 4.78 is 5.28. The van der Waals surface area contributed by atoms with Gasteiger partial charge in [0.1, 0.15) is 12.3 Å². The summed E-state index contributed by atoms with van der Waals surface area (Å²) >= 11 is 0. The lowest BCUT2D eigenvalue weighted by atomic mass is 10.3. The lowest BCUT2D eigenvalue weighted by Gasteiger charge is -2.25. The van der Waals surface area contributed by atoms with Crippen LogP contribution in [0.4, 0.5) is 5.69 Å². The molecule has 0 bridgehead atoms. The number of nitrogens with zero attached hydrogens (tertiary/aromatic N) is 3. The van der Waals surface area contributed by atoms with Crippen molar-refractivity contribution in [3.8, 4) is 5.88 Å².